The number of fused-ring (bicyclic) bond motifs is 1. The van der Waals surface area contributed by atoms with Crippen LogP contribution in [-0.2, 0) is 9.53 Å². The molecule has 2 heterocycles. The number of aliphatic imine (C=N–C) groups is 1. The molecule has 1 aliphatic carbocycles. The fourth-order valence-corrected chi connectivity index (χ4v) is 3.68. The number of aliphatic hydroxyl groups excluding tert-OH is 3. The average molecular weight is 303 g/mol. The maximum atomic E-state index is 11.9. The smallest absolute Gasteiger partial charge is 0.338 e. The lowest BCUT2D eigenvalue weighted by Crippen LogP contribution is -2.84. The maximum Gasteiger partial charge on any atom is 0.338 e. The highest BCUT2D eigenvalue weighted by atomic mass is 16.6. The Kier molecular flexibility index (Phi) is 2.79. The van der Waals surface area contributed by atoms with E-state index in [1.165, 1.54) is 6.92 Å². The number of guanidine groups is 1. The molecule has 2 fully saturated rings. The van der Waals surface area contributed by atoms with Crippen LogP contribution in [0.3, 0.4) is 0 Å². The summed E-state index contributed by atoms with van der Waals surface area (Å²) in [5.41, 5.74) is 1.79. The van der Waals surface area contributed by atoms with Gasteiger partial charge in [-0.3, -0.25) is 5.21 Å². The maximum absolute atomic E-state index is 11.9. The molecule has 2 bridgehead atoms. The molecule has 10 heteroatoms. The number of hydroxylamine groups is 2. The fraction of sp³-hybridized carbons (Fsp3) is 0.818. The molecule has 1 saturated heterocycles. The average Bonchev–Trinajstić information content (AvgIpc) is 2.38. The van der Waals surface area contributed by atoms with Crippen LogP contribution in [0, 0.1) is 5.92 Å². The molecule has 10 nitrogen and oxygen atoms in total. The molecule has 7 unspecified atom stereocenters. The second-order valence-corrected chi connectivity index (χ2v) is 5.97. The molecular formula is C11H17N3O7. The Labute approximate surface area is 119 Å². The summed E-state index contributed by atoms with van der Waals surface area (Å²) in [6.07, 6.45) is -6.69. The van der Waals surface area contributed by atoms with E-state index in [2.05, 4.69) is 4.99 Å². The van der Waals surface area contributed by atoms with Crippen molar-refractivity contribution >= 4 is 11.9 Å². The third kappa shape index (κ3) is 1.53. The molecule has 7 N–H and O–H groups in total. The van der Waals surface area contributed by atoms with Gasteiger partial charge in [0.05, 0.1) is 0 Å². The van der Waals surface area contributed by atoms with Crippen molar-refractivity contribution in [3.63, 3.8) is 0 Å². The lowest BCUT2D eigenvalue weighted by Gasteiger charge is -2.62. The highest BCUT2D eigenvalue weighted by Gasteiger charge is 2.73. The van der Waals surface area contributed by atoms with Crippen LogP contribution in [0.5, 0.6) is 0 Å². The number of hydrogen-bond donors (Lipinski definition) is 6. The zero-order valence-corrected chi connectivity index (χ0v) is 11.1. The molecule has 0 aromatic heterocycles. The van der Waals surface area contributed by atoms with E-state index < -0.39 is 53.5 Å². The predicted octanol–water partition coefficient (Wildman–Crippen LogP) is -3.52. The molecule has 0 radical (unpaired) electrons. The van der Waals surface area contributed by atoms with Crippen molar-refractivity contribution in [1.82, 2.24) is 5.06 Å². The van der Waals surface area contributed by atoms with E-state index in [1.54, 1.807) is 0 Å². The van der Waals surface area contributed by atoms with E-state index in [9.17, 15) is 30.4 Å². The van der Waals surface area contributed by atoms with Crippen LogP contribution in [-0.4, -0.2) is 78.3 Å². The minimum absolute atomic E-state index is 0.173. The summed E-state index contributed by atoms with van der Waals surface area (Å²) in [5, 5.41) is 51.6. The minimum Gasteiger partial charge on any atom is -0.454 e. The zero-order valence-electron chi connectivity index (χ0n) is 11.1. The van der Waals surface area contributed by atoms with Crippen LogP contribution >= 0.6 is 0 Å². The molecule has 1 saturated carbocycles. The van der Waals surface area contributed by atoms with Crippen molar-refractivity contribution in [1.29, 1.82) is 0 Å². The van der Waals surface area contributed by atoms with E-state index in [0.717, 1.165) is 0 Å². The summed E-state index contributed by atoms with van der Waals surface area (Å²) in [5.74, 6) is -2.80. The lowest BCUT2D eigenvalue weighted by atomic mass is 9.59. The Balaban J connectivity index is 2.22. The second kappa shape index (κ2) is 4.05. The molecule has 0 aromatic rings. The number of carbonyl (C=O) groups is 1. The molecule has 1 spiro atoms. The van der Waals surface area contributed by atoms with Gasteiger partial charge in [0.1, 0.15) is 17.2 Å². The number of aliphatic hydroxyl groups is 4. The van der Waals surface area contributed by atoms with Crippen molar-refractivity contribution in [2.45, 2.75) is 49.0 Å². The van der Waals surface area contributed by atoms with Gasteiger partial charge in [0.2, 0.25) is 5.96 Å². The minimum atomic E-state index is -2.02. The van der Waals surface area contributed by atoms with Crippen molar-refractivity contribution in [3.05, 3.63) is 0 Å². The Hall–Kier alpha value is -1.46. The van der Waals surface area contributed by atoms with E-state index in [4.69, 9.17) is 10.5 Å². The summed E-state index contributed by atoms with van der Waals surface area (Å²) in [7, 11) is 0. The summed E-state index contributed by atoms with van der Waals surface area (Å²) in [6.45, 7) is 1.33. The first kappa shape index (κ1) is 14.5. The lowest BCUT2D eigenvalue weighted by molar-refractivity contribution is -0.322. The van der Waals surface area contributed by atoms with E-state index >= 15 is 0 Å². The highest BCUT2D eigenvalue weighted by Crippen LogP contribution is 2.51. The van der Waals surface area contributed by atoms with E-state index in [-0.39, 0.29) is 6.42 Å². The Bertz CT molecular complexity index is 524. The number of hydrogen-bond acceptors (Lipinski definition) is 10. The quantitative estimate of drug-likeness (QED) is 0.248. The van der Waals surface area contributed by atoms with Crippen LogP contribution in [0.2, 0.25) is 0 Å². The standard InChI is InChI=1S/C11H17N3O7/c1-10(19)2-3-7(17)13-9(12)14(20)11(3)4(15)6(10)21-8(18)5(11)16/h3-7,15-17,19-20H,2H2,1H3,(H2,12,13). The molecule has 2 aliphatic heterocycles. The van der Waals surface area contributed by atoms with Crippen molar-refractivity contribution < 1.29 is 35.2 Å². The van der Waals surface area contributed by atoms with Gasteiger partial charge in [0.15, 0.2) is 18.4 Å². The zero-order chi connectivity index (χ0) is 15.7. The predicted molar refractivity (Wildman–Crippen MR) is 64.6 cm³/mol. The van der Waals surface area contributed by atoms with Crippen LogP contribution < -0.4 is 5.73 Å². The van der Waals surface area contributed by atoms with Crippen LogP contribution in [0.4, 0.5) is 0 Å². The fourth-order valence-electron chi connectivity index (χ4n) is 3.68. The van der Waals surface area contributed by atoms with Gasteiger partial charge < -0.3 is 30.9 Å². The molecule has 3 rings (SSSR count). The molecular weight excluding hydrogens is 286 g/mol. The molecule has 0 aromatic carbocycles. The first-order valence-corrected chi connectivity index (χ1v) is 6.43. The third-order valence-electron chi connectivity index (χ3n) is 4.71. The number of nitrogens with two attached hydrogens (primary N) is 1. The molecule has 118 valence electrons. The number of rotatable bonds is 0. The third-order valence-corrected chi connectivity index (χ3v) is 4.71. The van der Waals surface area contributed by atoms with E-state index in [0.29, 0.717) is 5.06 Å². The largest absolute Gasteiger partial charge is 0.454 e. The van der Waals surface area contributed by atoms with E-state index in [1.807, 2.05) is 0 Å². The summed E-state index contributed by atoms with van der Waals surface area (Å²) < 4.78 is 4.87. The SMILES string of the molecule is CC1(O)CC2C(O)N=C(N)N(O)C23C(O)C(=O)OC1C3O. The van der Waals surface area contributed by atoms with Gasteiger partial charge in [0, 0.05) is 5.92 Å². The van der Waals surface area contributed by atoms with Crippen LogP contribution in [0.15, 0.2) is 4.99 Å². The van der Waals surface area contributed by atoms with Crippen LogP contribution in [0.25, 0.3) is 0 Å². The van der Waals surface area contributed by atoms with Gasteiger partial charge in [-0.15, -0.1) is 0 Å². The molecule has 7 atom stereocenters. The van der Waals surface area contributed by atoms with Gasteiger partial charge in [-0.05, 0) is 13.3 Å². The van der Waals surface area contributed by atoms with Gasteiger partial charge >= 0.3 is 5.97 Å². The Morgan fingerprint density at radius 1 is 1.43 bits per heavy atom. The highest BCUT2D eigenvalue weighted by molar-refractivity contribution is 5.84. The van der Waals surface area contributed by atoms with Gasteiger partial charge in [-0.25, -0.2) is 14.9 Å². The number of nitrogens with zero attached hydrogens (tertiary/aromatic N) is 2. The first-order chi connectivity index (χ1) is 9.64. The number of carbonyl (C=O) groups excluding carboxylic acids is 1. The van der Waals surface area contributed by atoms with Gasteiger partial charge in [0.25, 0.3) is 0 Å². The van der Waals surface area contributed by atoms with Crippen molar-refractivity contribution in [3.8, 4) is 0 Å². The summed E-state index contributed by atoms with van der Waals surface area (Å²) >= 11 is 0. The van der Waals surface area contributed by atoms with Gasteiger partial charge in [-0.1, -0.05) is 0 Å². The Morgan fingerprint density at radius 2 is 2.05 bits per heavy atom. The first-order valence-electron chi connectivity index (χ1n) is 6.43. The Morgan fingerprint density at radius 3 is 2.67 bits per heavy atom. The molecule has 21 heavy (non-hydrogen) atoms. The number of esters is 1. The topological polar surface area (TPSA) is 169 Å². The van der Waals surface area contributed by atoms with Crippen molar-refractivity contribution in [2.75, 3.05) is 0 Å². The second-order valence-electron chi connectivity index (χ2n) is 5.97. The molecule has 0 amide bonds. The monoisotopic (exact) mass is 303 g/mol. The normalized spacial score (nSPS) is 52.9. The van der Waals surface area contributed by atoms with Crippen molar-refractivity contribution in [2.24, 2.45) is 16.6 Å². The number of ether oxygens (including phenoxy) is 1. The molecule has 3 aliphatic rings. The summed E-state index contributed by atoms with van der Waals surface area (Å²) in [6, 6.07) is 0. The summed E-state index contributed by atoms with van der Waals surface area (Å²) in [4.78, 5) is 15.4. The van der Waals surface area contributed by atoms with Gasteiger partial charge in [-0.2, -0.15) is 0 Å². The van der Waals surface area contributed by atoms with Crippen LogP contribution in [0.1, 0.15) is 13.3 Å².